The van der Waals surface area contributed by atoms with Crippen molar-refractivity contribution in [3.05, 3.63) is 51.2 Å². The first-order chi connectivity index (χ1) is 10.9. The van der Waals surface area contributed by atoms with Crippen LogP contribution >= 0.6 is 0 Å². The zero-order valence-electron chi connectivity index (χ0n) is 12.8. The number of nitrogens with one attached hydrogen (secondary N) is 3. The number of hydrogen-bond donors (Lipinski definition) is 3. The number of aromatic nitrogens is 2. The second-order valence-electron chi connectivity index (χ2n) is 6.14. The van der Waals surface area contributed by atoms with Crippen molar-refractivity contribution in [1.29, 1.82) is 0 Å². The number of amides is 1. The van der Waals surface area contributed by atoms with E-state index in [9.17, 15) is 14.9 Å². The lowest BCUT2D eigenvalue weighted by atomic mass is 9.84. The third kappa shape index (κ3) is 2.68. The molecule has 0 aliphatic carbocycles. The summed E-state index contributed by atoms with van der Waals surface area (Å²) in [5, 5.41) is 24.1. The lowest BCUT2D eigenvalue weighted by Gasteiger charge is -2.29. The van der Waals surface area contributed by atoms with E-state index >= 15 is 0 Å². The molecule has 23 heavy (non-hydrogen) atoms. The average molecular weight is 315 g/mol. The number of nitrogens with zero attached hydrogens (tertiary/aromatic N) is 2. The number of nitro benzene ring substituents is 1. The maximum Gasteiger partial charge on any atom is 0.282 e. The van der Waals surface area contributed by atoms with Gasteiger partial charge in [-0.1, -0.05) is 26.0 Å². The molecule has 8 nitrogen and oxygen atoms in total. The van der Waals surface area contributed by atoms with Crippen molar-refractivity contribution in [2.24, 2.45) is 0 Å². The molecule has 0 bridgehead atoms. The van der Waals surface area contributed by atoms with Crippen molar-refractivity contribution >= 4 is 17.4 Å². The van der Waals surface area contributed by atoms with Crippen LogP contribution < -0.4 is 10.6 Å². The smallest absolute Gasteiger partial charge is 0.282 e. The van der Waals surface area contributed by atoms with Gasteiger partial charge in [0.15, 0.2) is 5.82 Å². The van der Waals surface area contributed by atoms with Gasteiger partial charge in [0, 0.05) is 35.8 Å². The number of H-pyrrole nitrogens is 1. The van der Waals surface area contributed by atoms with E-state index in [0.29, 0.717) is 12.4 Å². The molecule has 3 rings (SSSR count). The van der Waals surface area contributed by atoms with Crippen LogP contribution in [0.25, 0.3) is 0 Å². The molecule has 2 heterocycles. The SMILES string of the molecule is CC1(C)CNCc2c(NC(=O)c3ccccc3[N+](=O)[O-])n[nH]c21. The summed E-state index contributed by atoms with van der Waals surface area (Å²) in [5.74, 6) is -0.140. The summed E-state index contributed by atoms with van der Waals surface area (Å²) >= 11 is 0. The molecule has 0 saturated heterocycles. The third-order valence-electron chi connectivity index (χ3n) is 3.99. The second-order valence-corrected chi connectivity index (χ2v) is 6.14. The van der Waals surface area contributed by atoms with Gasteiger partial charge in [-0.3, -0.25) is 20.0 Å². The molecule has 2 aromatic rings. The van der Waals surface area contributed by atoms with Gasteiger partial charge in [-0.25, -0.2) is 0 Å². The maximum absolute atomic E-state index is 12.4. The summed E-state index contributed by atoms with van der Waals surface area (Å²) in [6.07, 6.45) is 0. The van der Waals surface area contributed by atoms with E-state index in [1.54, 1.807) is 6.07 Å². The average Bonchev–Trinajstić information content (AvgIpc) is 2.91. The quantitative estimate of drug-likeness (QED) is 0.592. The van der Waals surface area contributed by atoms with Crippen molar-refractivity contribution in [2.45, 2.75) is 25.8 Å². The molecule has 0 fully saturated rings. The molecule has 120 valence electrons. The van der Waals surface area contributed by atoms with Gasteiger partial charge in [0.25, 0.3) is 11.6 Å². The van der Waals surface area contributed by atoms with Crippen LogP contribution in [0, 0.1) is 10.1 Å². The number of anilines is 1. The summed E-state index contributed by atoms with van der Waals surface area (Å²) in [7, 11) is 0. The molecule has 0 unspecified atom stereocenters. The number of hydrogen-bond acceptors (Lipinski definition) is 5. The van der Waals surface area contributed by atoms with Crippen molar-refractivity contribution in [3.63, 3.8) is 0 Å². The van der Waals surface area contributed by atoms with Crippen LogP contribution in [0.2, 0.25) is 0 Å². The molecule has 1 aliphatic heterocycles. The van der Waals surface area contributed by atoms with Gasteiger partial charge in [-0.2, -0.15) is 5.10 Å². The fraction of sp³-hybridized carbons (Fsp3) is 0.333. The fourth-order valence-corrected chi connectivity index (χ4v) is 2.79. The van der Waals surface area contributed by atoms with Crippen molar-refractivity contribution in [2.75, 3.05) is 11.9 Å². The first kappa shape index (κ1) is 15.2. The lowest BCUT2D eigenvalue weighted by molar-refractivity contribution is -0.385. The second kappa shape index (κ2) is 5.47. The number of fused-ring (bicyclic) bond motifs is 1. The highest BCUT2D eigenvalue weighted by molar-refractivity contribution is 6.06. The Morgan fingerprint density at radius 1 is 1.39 bits per heavy atom. The van der Waals surface area contributed by atoms with Crippen LogP contribution in [0.1, 0.15) is 35.5 Å². The Morgan fingerprint density at radius 3 is 2.87 bits per heavy atom. The molecule has 1 amide bonds. The topological polar surface area (TPSA) is 113 Å². The van der Waals surface area contributed by atoms with Gasteiger partial charge in [-0.05, 0) is 6.07 Å². The summed E-state index contributed by atoms with van der Waals surface area (Å²) < 4.78 is 0. The Kier molecular flexibility index (Phi) is 3.61. The predicted molar refractivity (Wildman–Crippen MR) is 84.4 cm³/mol. The minimum absolute atomic E-state index is 0.0114. The standard InChI is InChI=1S/C15H17N5O3/c1-15(2)8-16-7-10-12(15)18-19-13(10)17-14(21)9-5-3-4-6-11(9)20(22)23/h3-6,16H,7-8H2,1-2H3,(H2,17,18,19,21). The van der Waals surface area contributed by atoms with Crippen molar-refractivity contribution in [1.82, 2.24) is 15.5 Å². The van der Waals surface area contributed by atoms with E-state index in [4.69, 9.17) is 0 Å². The summed E-state index contributed by atoms with van der Waals surface area (Å²) in [4.78, 5) is 22.9. The van der Waals surface area contributed by atoms with E-state index in [-0.39, 0.29) is 16.7 Å². The van der Waals surface area contributed by atoms with Crippen LogP contribution in [0.5, 0.6) is 0 Å². The number of para-hydroxylation sites is 1. The number of carbonyl (C=O) groups excluding carboxylic acids is 1. The van der Waals surface area contributed by atoms with Gasteiger partial charge in [0.05, 0.1) is 4.92 Å². The number of nitro groups is 1. The summed E-state index contributed by atoms with van der Waals surface area (Å²) in [5.41, 5.74) is 1.51. The maximum atomic E-state index is 12.4. The Balaban J connectivity index is 1.91. The molecule has 3 N–H and O–H groups in total. The fourth-order valence-electron chi connectivity index (χ4n) is 2.79. The molecule has 1 aromatic carbocycles. The van der Waals surface area contributed by atoms with Crippen LogP contribution in [-0.4, -0.2) is 27.6 Å². The minimum Gasteiger partial charge on any atom is -0.312 e. The lowest BCUT2D eigenvalue weighted by Crippen LogP contribution is -2.38. The van der Waals surface area contributed by atoms with Crippen LogP contribution in [0.3, 0.4) is 0 Å². The molecule has 0 atom stereocenters. The normalized spacial score (nSPS) is 15.7. The van der Waals surface area contributed by atoms with Crippen molar-refractivity contribution < 1.29 is 9.72 Å². The number of benzene rings is 1. The minimum atomic E-state index is -0.570. The molecule has 0 spiro atoms. The van der Waals surface area contributed by atoms with Crippen molar-refractivity contribution in [3.8, 4) is 0 Å². The van der Waals surface area contributed by atoms with E-state index in [2.05, 4.69) is 34.7 Å². The Hall–Kier alpha value is -2.74. The van der Waals surface area contributed by atoms with Gasteiger partial charge >= 0.3 is 0 Å². The van der Waals surface area contributed by atoms with E-state index in [1.165, 1.54) is 18.2 Å². The monoisotopic (exact) mass is 315 g/mol. The predicted octanol–water partition coefficient (Wildman–Crippen LogP) is 1.95. The van der Waals surface area contributed by atoms with E-state index < -0.39 is 10.8 Å². The molecule has 0 saturated carbocycles. The highest BCUT2D eigenvalue weighted by Gasteiger charge is 2.32. The molecular weight excluding hydrogens is 298 g/mol. The molecule has 0 radical (unpaired) electrons. The molecule has 8 heteroatoms. The highest BCUT2D eigenvalue weighted by Crippen LogP contribution is 2.31. The van der Waals surface area contributed by atoms with Crippen LogP contribution in [-0.2, 0) is 12.0 Å². The Bertz CT molecular complexity index is 781. The summed E-state index contributed by atoms with van der Waals surface area (Å²) in [6.45, 7) is 5.54. The number of aromatic amines is 1. The van der Waals surface area contributed by atoms with Gasteiger partial charge < -0.3 is 10.6 Å². The van der Waals surface area contributed by atoms with Crippen LogP contribution in [0.4, 0.5) is 11.5 Å². The van der Waals surface area contributed by atoms with E-state index in [1.807, 2.05) is 0 Å². The molecule has 1 aliphatic rings. The molecule has 1 aromatic heterocycles. The largest absolute Gasteiger partial charge is 0.312 e. The van der Waals surface area contributed by atoms with Crippen LogP contribution in [0.15, 0.2) is 24.3 Å². The zero-order chi connectivity index (χ0) is 16.6. The van der Waals surface area contributed by atoms with Gasteiger partial charge in [0.1, 0.15) is 5.56 Å². The first-order valence-corrected chi connectivity index (χ1v) is 7.23. The number of rotatable bonds is 3. The first-order valence-electron chi connectivity index (χ1n) is 7.23. The Labute approximate surface area is 132 Å². The summed E-state index contributed by atoms with van der Waals surface area (Å²) in [6, 6.07) is 5.85. The highest BCUT2D eigenvalue weighted by atomic mass is 16.6. The van der Waals surface area contributed by atoms with Gasteiger partial charge in [-0.15, -0.1) is 0 Å². The van der Waals surface area contributed by atoms with Gasteiger partial charge in [0.2, 0.25) is 0 Å². The molecular formula is C15H17N5O3. The Morgan fingerprint density at radius 2 is 2.13 bits per heavy atom. The third-order valence-corrected chi connectivity index (χ3v) is 3.99. The van der Waals surface area contributed by atoms with E-state index in [0.717, 1.165) is 17.8 Å². The number of carbonyl (C=O) groups is 1. The zero-order valence-corrected chi connectivity index (χ0v) is 12.8.